The molecule has 0 bridgehead atoms. The first-order chi connectivity index (χ1) is 25.8. The minimum atomic E-state index is -3.99. The lowest BCUT2D eigenvalue weighted by atomic mass is 10.0. The molecule has 0 spiro atoms. The number of fused-ring (bicyclic) bond motifs is 2. The number of benzene rings is 3. The monoisotopic (exact) mass is 857 g/mol. The molecular weight excluding hydrogens is 824 g/mol. The predicted octanol–water partition coefficient (Wildman–Crippen LogP) is 7.14. The van der Waals surface area contributed by atoms with Crippen molar-refractivity contribution in [3.05, 3.63) is 115 Å². The molecule has 0 aliphatic rings. The Balaban J connectivity index is 1.63. The third-order valence-electron chi connectivity index (χ3n) is 8.34. The first kappa shape index (κ1) is 39.6. The number of carbonyl (C=O) groups excluding carboxylic acids is 1. The number of halogens is 4. The van der Waals surface area contributed by atoms with Crippen LogP contribution in [-0.4, -0.2) is 57.8 Å². The molecule has 18 heteroatoms. The molecule has 1 atom stereocenters. The standard InChI is InChI=1S/C37H35BrClF2N7O6S/c1-37(2,3)54-36(50)43-28(15-21-13-23(40)17-24(41)14-21)33-44-32-26(16-22(38)18-42-32)35(49)48(33)29-12-11-27(39)30-31(29)46(4)45-34(30)47(55(6,51)52)19-20-7-9-25(53-5)10-8-20/h7-14,16-18,28H,15,19H2,1-6H3,(H,43,50)/t28-/m0/s1. The van der Waals surface area contributed by atoms with Crippen LogP contribution in [0.1, 0.15) is 43.8 Å². The van der Waals surface area contributed by atoms with Crippen molar-refractivity contribution < 1.29 is 31.5 Å². The summed E-state index contributed by atoms with van der Waals surface area (Å²) in [5.74, 6) is -1.23. The number of pyridine rings is 1. The van der Waals surface area contributed by atoms with Gasteiger partial charge < -0.3 is 14.8 Å². The van der Waals surface area contributed by atoms with Gasteiger partial charge in [0.15, 0.2) is 11.5 Å². The second-order valence-corrected chi connectivity index (χ2v) is 16.9. The van der Waals surface area contributed by atoms with Crippen molar-refractivity contribution in [1.82, 2.24) is 29.6 Å². The van der Waals surface area contributed by atoms with Crippen LogP contribution < -0.4 is 19.9 Å². The number of hydrogen-bond acceptors (Lipinski definition) is 9. The van der Waals surface area contributed by atoms with Gasteiger partial charge in [0, 0.05) is 30.2 Å². The predicted molar refractivity (Wildman–Crippen MR) is 208 cm³/mol. The molecule has 1 amide bonds. The highest BCUT2D eigenvalue weighted by Crippen LogP contribution is 2.38. The van der Waals surface area contributed by atoms with Crippen LogP contribution in [0.3, 0.4) is 0 Å². The van der Waals surface area contributed by atoms with Gasteiger partial charge in [0.25, 0.3) is 5.56 Å². The molecule has 1 N–H and O–H groups in total. The number of rotatable bonds is 10. The number of nitrogens with one attached hydrogen (secondary N) is 1. The van der Waals surface area contributed by atoms with Crippen LogP contribution in [-0.2, 0) is 34.8 Å². The molecule has 0 radical (unpaired) electrons. The largest absolute Gasteiger partial charge is 0.497 e. The summed E-state index contributed by atoms with van der Waals surface area (Å²) in [5.41, 5.74) is -0.429. The van der Waals surface area contributed by atoms with E-state index in [-0.39, 0.29) is 62.8 Å². The van der Waals surface area contributed by atoms with Gasteiger partial charge >= 0.3 is 6.09 Å². The Morgan fingerprint density at radius 1 is 1.05 bits per heavy atom. The van der Waals surface area contributed by atoms with Crippen LogP contribution in [0.4, 0.5) is 19.4 Å². The first-order valence-corrected chi connectivity index (χ1v) is 19.6. The molecule has 0 saturated carbocycles. The number of methoxy groups -OCH3 is 1. The highest BCUT2D eigenvalue weighted by Gasteiger charge is 2.31. The van der Waals surface area contributed by atoms with E-state index in [1.54, 1.807) is 52.1 Å². The molecule has 288 valence electrons. The number of alkyl carbamates (subject to hydrolysis) is 1. The summed E-state index contributed by atoms with van der Waals surface area (Å²) in [4.78, 5) is 37.2. The van der Waals surface area contributed by atoms with Crippen molar-refractivity contribution >= 4 is 71.4 Å². The van der Waals surface area contributed by atoms with Crippen LogP contribution in [0.15, 0.2) is 76.1 Å². The van der Waals surface area contributed by atoms with E-state index in [4.69, 9.17) is 26.1 Å². The highest BCUT2D eigenvalue weighted by molar-refractivity contribution is 9.10. The van der Waals surface area contributed by atoms with E-state index < -0.39 is 45.0 Å². The lowest BCUT2D eigenvalue weighted by molar-refractivity contribution is 0.0500. The molecule has 3 heterocycles. The number of sulfonamides is 1. The van der Waals surface area contributed by atoms with Crippen molar-refractivity contribution in [2.45, 2.75) is 45.4 Å². The topological polar surface area (TPSA) is 151 Å². The van der Waals surface area contributed by atoms with Gasteiger partial charge in [-0.05, 0) is 90.3 Å². The van der Waals surface area contributed by atoms with Crippen LogP contribution in [0, 0.1) is 11.6 Å². The lowest BCUT2D eigenvalue weighted by Crippen LogP contribution is -2.39. The molecular formula is C37H35BrClF2N7O6S. The SMILES string of the molecule is COc1ccc(CN(c2nn(C)c3c(-n4c([C@H](Cc5cc(F)cc(F)c5)NC(=O)OC(C)(C)C)nc5ncc(Br)cc5c4=O)ccc(Cl)c23)S(C)(=O)=O)cc1. The maximum atomic E-state index is 14.7. The number of aryl methyl sites for hydroxylation is 1. The summed E-state index contributed by atoms with van der Waals surface area (Å²) in [5, 5.41) is 7.74. The number of carbonyl (C=O) groups is 1. The third kappa shape index (κ3) is 8.58. The zero-order valence-corrected chi connectivity index (χ0v) is 33.6. The second-order valence-electron chi connectivity index (χ2n) is 13.7. The Morgan fingerprint density at radius 2 is 1.73 bits per heavy atom. The van der Waals surface area contributed by atoms with E-state index in [1.807, 2.05) is 0 Å². The highest BCUT2D eigenvalue weighted by atomic mass is 79.9. The molecule has 3 aromatic carbocycles. The van der Waals surface area contributed by atoms with Gasteiger partial charge in [-0.25, -0.2) is 36.3 Å². The summed E-state index contributed by atoms with van der Waals surface area (Å²) in [6, 6.07) is 13.0. The normalized spacial score (nSPS) is 12.5. The molecule has 0 aliphatic heterocycles. The van der Waals surface area contributed by atoms with Crippen molar-refractivity contribution in [2.75, 3.05) is 17.7 Å². The fourth-order valence-corrected chi connectivity index (χ4v) is 7.48. The molecule has 13 nitrogen and oxygen atoms in total. The zero-order chi connectivity index (χ0) is 40.0. The Bertz CT molecular complexity index is 2610. The molecule has 0 fully saturated rings. The van der Waals surface area contributed by atoms with Gasteiger partial charge in [-0.15, -0.1) is 0 Å². The maximum absolute atomic E-state index is 14.7. The van der Waals surface area contributed by atoms with Crippen molar-refractivity contribution in [3.63, 3.8) is 0 Å². The summed E-state index contributed by atoms with van der Waals surface area (Å²) < 4.78 is 70.8. The quantitative estimate of drug-likeness (QED) is 0.152. The average Bonchev–Trinajstić information content (AvgIpc) is 3.43. The van der Waals surface area contributed by atoms with E-state index in [1.165, 1.54) is 40.8 Å². The number of aromatic nitrogens is 5. The smallest absolute Gasteiger partial charge is 0.408 e. The average molecular weight is 859 g/mol. The first-order valence-electron chi connectivity index (χ1n) is 16.6. The number of hydrogen-bond donors (Lipinski definition) is 1. The van der Waals surface area contributed by atoms with E-state index in [0.717, 1.165) is 22.7 Å². The molecule has 3 aromatic heterocycles. The van der Waals surface area contributed by atoms with Crippen molar-refractivity contribution in [2.24, 2.45) is 7.05 Å². The molecule has 55 heavy (non-hydrogen) atoms. The Labute approximate surface area is 328 Å². The summed E-state index contributed by atoms with van der Waals surface area (Å²) in [7, 11) is -0.909. The fraction of sp³-hybridized carbons (Fsp3) is 0.270. The van der Waals surface area contributed by atoms with Crippen LogP contribution in [0.2, 0.25) is 5.02 Å². The zero-order valence-electron chi connectivity index (χ0n) is 30.4. The van der Waals surface area contributed by atoms with E-state index in [0.29, 0.717) is 21.9 Å². The van der Waals surface area contributed by atoms with Crippen molar-refractivity contribution in [1.29, 1.82) is 0 Å². The van der Waals surface area contributed by atoms with E-state index in [2.05, 4.69) is 31.3 Å². The summed E-state index contributed by atoms with van der Waals surface area (Å²) in [6.45, 7) is 4.86. The van der Waals surface area contributed by atoms with Gasteiger partial charge in [0.2, 0.25) is 10.0 Å². The second kappa shape index (κ2) is 15.2. The summed E-state index contributed by atoms with van der Waals surface area (Å²) in [6.07, 6.45) is 1.33. The molecule has 0 saturated heterocycles. The Morgan fingerprint density at radius 3 is 2.35 bits per heavy atom. The van der Waals surface area contributed by atoms with Gasteiger partial charge in [-0.3, -0.25) is 14.0 Å². The van der Waals surface area contributed by atoms with E-state index in [9.17, 15) is 26.8 Å². The Hall–Kier alpha value is -5.13. The Kier molecular flexibility index (Phi) is 10.9. The van der Waals surface area contributed by atoms with Crippen LogP contribution in [0.5, 0.6) is 5.75 Å². The molecule has 6 rings (SSSR count). The number of nitrogens with zero attached hydrogens (tertiary/aromatic N) is 6. The minimum Gasteiger partial charge on any atom is -0.497 e. The van der Waals surface area contributed by atoms with Gasteiger partial charge in [-0.2, -0.15) is 5.10 Å². The van der Waals surface area contributed by atoms with Crippen LogP contribution >= 0.6 is 27.5 Å². The molecule has 6 aromatic rings. The minimum absolute atomic E-state index is 0.0134. The van der Waals surface area contributed by atoms with Gasteiger partial charge in [0.05, 0.1) is 53.0 Å². The third-order valence-corrected chi connectivity index (χ3v) is 10.2. The maximum Gasteiger partial charge on any atom is 0.408 e. The van der Waals surface area contributed by atoms with Crippen LogP contribution in [0.25, 0.3) is 27.6 Å². The van der Waals surface area contributed by atoms with Gasteiger partial charge in [0.1, 0.15) is 28.8 Å². The lowest BCUT2D eigenvalue weighted by Gasteiger charge is -2.26. The molecule has 0 unspecified atom stereocenters. The van der Waals surface area contributed by atoms with Gasteiger partial charge in [-0.1, -0.05) is 23.7 Å². The van der Waals surface area contributed by atoms with Crippen molar-refractivity contribution in [3.8, 4) is 11.4 Å². The summed E-state index contributed by atoms with van der Waals surface area (Å²) >= 11 is 10.2. The number of ether oxygens (including phenoxy) is 2. The van der Waals surface area contributed by atoms with E-state index >= 15 is 0 Å². The number of anilines is 1. The fourth-order valence-electron chi connectivity index (χ4n) is 6.09. The molecule has 0 aliphatic carbocycles. The number of amides is 1.